The van der Waals surface area contributed by atoms with Gasteiger partial charge in [0.1, 0.15) is 0 Å². The van der Waals surface area contributed by atoms with Gasteiger partial charge in [0.05, 0.1) is 16.9 Å². The normalized spacial score (nSPS) is 10.6. The van der Waals surface area contributed by atoms with Gasteiger partial charge in [-0.25, -0.2) is 5.43 Å². The first kappa shape index (κ1) is 27.9. The molecule has 192 valence electrons. The van der Waals surface area contributed by atoms with Crippen LogP contribution in [0.2, 0.25) is 5.02 Å². The van der Waals surface area contributed by atoms with Crippen LogP contribution in [0, 0.1) is 17.4 Å². The summed E-state index contributed by atoms with van der Waals surface area (Å²) in [7, 11) is 1.46. The molecule has 3 amide bonds. The van der Waals surface area contributed by atoms with E-state index in [2.05, 4.69) is 21.2 Å². The van der Waals surface area contributed by atoms with Crippen LogP contribution in [0.1, 0.15) is 16.7 Å². The number of carbonyl (C=O) groups excluding carboxylic acids is 3. The summed E-state index contributed by atoms with van der Waals surface area (Å²) in [4.78, 5) is 36.7. The fourth-order valence-corrected chi connectivity index (χ4v) is 4.13. The zero-order valence-electron chi connectivity index (χ0n) is 20.2. The minimum atomic E-state index is -0.910. The van der Waals surface area contributed by atoms with E-state index in [1.807, 2.05) is 54.6 Å². The molecular weight excluding hydrogens is 611 g/mol. The Labute approximate surface area is 232 Å². The number of hydrogen-bond donors (Lipinski definition) is 3. The van der Waals surface area contributed by atoms with E-state index in [1.54, 1.807) is 36.4 Å². The lowest BCUT2D eigenvalue weighted by Crippen LogP contribution is -2.32. The lowest BCUT2D eigenvalue weighted by atomic mass is 10.1. The predicted molar refractivity (Wildman–Crippen MR) is 152 cm³/mol. The Morgan fingerprint density at radius 3 is 2.32 bits per heavy atom. The van der Waals surface area contributed by atoms with Crippen LogP contribution in [-0.2, 0) is 14.4 Å². The van der Waals surface area contributed by atoms with Crippen molar-refractivity contribution in [2.24, 2.45) is 5.10 Å². The fourth-order valence-electron chi connectivity index (χ4n) is 3.22. The second-order valence-corrected chi connectivity index (χ2v) is 9.40. The van der Waals surface area contributed by atoms with Crippen molar-refractivity contribution in [3.63, 3.8) is 0 Å². The molecule has 0 atom stereocenters. The number of nitrogens with zero attached hydrogens (tertiary/aromatic N) is 1. The summed E-state index contributed by atoms with van der Waals surface area (Å²) in [5, 5.41) is 9.75. The molecule has 0 saturated carbocycles. The Bertz CT molecular complexity index is 1330. The Morgan fingerprint density at radius 2 is 1.68 bits per heavy atom. The molecule has 0 saturated heterocycles. The van der Waals surface area contributed by atoms with Gasteiger partial charge < -0.3 is 20.1 Å². The summed E-state index contributed by atoms with van der Waals surface area (Å²) in [5.41, 5.74) is 5.66. The van der Waals surface area contributed by atoms with Crippen molar-refractivity contribution in [2.75, 3.05) is 24.4 Å². The fraction of sp³-hybridized carbons (Fsp3) is 0.154. The molecule has 3 rings (SSSR count). The summed E-state index contributed by atoms with van der Waals surface area (Å²) in [5.74, 6) is -1.35. The number of hydrazone groups is 1. The van der Waals surface area contributed by atoms with Gasteiger partial charge in [-0.3, -0.25) is 14.4 Å². The third-order valence-electron chi connectivity index (χ3n) is 5.03. The van der Waals surface area contributed by atoms with Gasteiger partial charge in [-0.1, -0.05) is 29.8 Å². The highest BCUT2D eigenvalue weighted by atomic mass is 127. The monoisotopic (exact) mass is 634 g/mol. The molecule has 3 N–H and O–H groups in total. The van der Waals surface area contributed by atoms with Gasteiger partial charge in [-0.15, -0.1) is 0 Å². The minimum Gasteiger partial charge on any atom is -0.493 e. The average molecular weight is 635 g/mol. The van der Waals surface area contributed by atoms with Gasteiger partial charge in [0.2, 0.25) is 0 Å². The molecule has 11 heteroatoms. The van der Waals surface area contributed by atoms with Gasteiger partial charge in [-0.05, 0) is 89.5 Å². The van der Waals surface area contributed by atoms with E-state index in [0.29, 0.717) is 37.0 Å². The highest BCUT2D eigenvalue weighted by Crippen LogP contribution is 2.33. The van der Waals surface area contributed by atoms with Gasteiger partial charge in [0.25, 0.3) is 5.91 Å². The molecule has 37 heavy (non-hydrogen) atoms. The molecular formula is C26H24ClIN4O5. The van der Waals surface area contributed by atoms with Crippen LogP contribution in [0.3, 0.4) is 0 Å². The third kappa shape index (κ3) is 7.92. The molecule has 3 aromatic rings. The lowest BCUT2D eigenvalue weighted by molar-refractivity contribution is -0.136. The Morgan fingerprint density at radius 1 is 1.00 bits per heavy atom. The molecule has 0 radical (unpaired) electrons. The summed E-state index contributed by atoms with van der Waals surface area (Å²) in [6.07, 6.45) is 1.37. The maximum Gasteiger partial charge on any atom is 0.329 e. The van der Waals surface area contributed by atoms with Crippen LogP contribution >= 0.6 is 34.2 Å². The van der Waals surface area contributed by atoms with E-state index in [1.165, 1.54) is 13.3 Å². The summed E-state index contributed by atoms with van der Waals surface area (Å²) >= 11 is 7.89. The van der Waals surface area contributed by atoms with Gasteiger partial charge >= 0.3 is 11.8 Å². The van der Waals surface area contributed by atoms with E-state index >= 15 is 0 Å². The molecule has 0 aliphatic heterocycles. The van der Waals surface area contributed by atoms with Crippen LogP contribution in [-0.4, -0.2) is 37.7 Å². The predicted octanol–water partition coefficient (Wildman–Crippen LogP) is 4.68. The maximum absolute atomic E-state index is 12.3. The number of carbonyl (C=O) groups is 3. The maximum atomic E-state index is 12.3. The Hall–Kier alpha value is -3.64. The number of aryl methyl sites for hydroxylation is 2. The van der Waals surface area contributed by atoms with Crippen LogP contribution in [0.4, 0.5) is 11.4 Å². The Kier molecular flexibility index (Phi) is 9.86. The highest BCUT2D eigenvalue weighted by molar-refractivity contribution is 14.1. The molecule has 0 fully saturated rings. The second kappa shape index (κ2) is 13.1. The third-order valence-corrected chi connectivity index (χ3v) is 6.09. The van der Waals surface area contributed by atoms with Gasteiger partial charge in [0, 0.05) is 16.4 Å². The largest absolute Gasteiger partial charge is 0.493 e. The topological polar surface area (TPSA) is 118 Å². The zero-order valence-corrected chi connectivity index (χ0v) is 23.1. The van der Waals surface area contributed by atoms with E-state index in [0.717, 1.165) is 11.1 Å². The molecule has 0 aromatic heterocycles. The number of methoxy groups -OCH3 is 1. The Balaban J connectivity index is 1.59. The first-order chi connectivity index (χ1) is 17.7. The SMILES string of the molecule is COc1cc(/C=N\NC(=O)C(=O)Nc2c(C)cccc2C)cc(I)c1OCC(=O)Nc1ccc(Cl)cc1. The number of para-hydroxylation sites is 1. The number of ether oxygens (including phenoxy) is 2. The van der Waals surface area contributed by atoms with Crippen LogP contribution < -0.4 is 25.5 Å². The van der Waals surface area contributed by atoms with E-state index in [9.17, 15) is 14.4 Å². The van der Waals surface area contributed by atoms with Crippen molar-refractivity contribution in [1.82, 2.24) is 5.43 Å². The number of benzene rings is 3. The number of rotatable bonds is 8. The van der Waals surface area contributed by atoms with Crippen molar-refractivity contribution in [1.29, 1.82) is 0 Å². The van der Waals surface area contributed by atoms with Crippen molar-refractivity contribution >= 4 is 69.5 Å². The minimum absolute atomic E-state index is 0.242. The number of anilines is 2. The van der Waals surface area contributed by atoms with Crippen molar-refractivity contribution in [3.8, 4) is 11.5 Å². The van der Waals surface area contributed by atoms with E-state index in [-0.39, 0.29) is 12.5 Å². The van der Waals surface area contributed by atoms with Crippen LogP contribution in [0.15, 0.2) is 59.7 Å². The zero-order chi connectivity index (χ0) is 26.9. The number of nitrogens with one attached hydrogen (secondary N) is 3. The smallest absolute Gasteiger partial charge is 0.329 e. The van der Waals surface area contributed by atoms with Crippen LogP contribution in [0.5, 0.6) is 11.5 Å². The van der Waals surface area contributed by atoms with Crippen molar-refractivity contribution in [2.45, 2.75) is 13.8 Å². The molecule has 0 unspecified atom stereocenters. The second-order valence-electron chi connectivity index (χ2n) is 7.80. The van der Waals surface area contributed by atoms with Gasteiger partial charge in [0.15, 0.2) is 18.1 Å². The molecule has 3 aromatic carbocycles. The van der Waals surface area contributed by atoms with E-state index in [4.69, 9.17) is 21.1 Å². The molecule has 0 heterocycles. The standard InChI is InChI=1S/C26H24ClIN4O5/c1-15-5-4-6-16(2)23(15)31-25(34)26(35)32-29-13-17-11-20(28)24(21(12-17)36-3)37-14-22(33)30-19-9-7-18(27)8-10-19/h4-13H,14H2,1-3H3,(H,30,33)(H,31,34)(H,32,35)/b29-13-. The van der Waals surface area contributed by atoms with Crippen molar-refractivity contribution in [3.05, 3.63) is 79.9 Å². The first-order valence-corrected chi connectivity index (χ1v) is 12.4. The summed E-state index contributed by atoms with van der Waals surface area (Å²) in [6.45, 7) is 3.44. The quantitative estimate of drug-likeness (QED) is 0.144. The highest BCUT2D eigenvalue weighted by Gasteiger charge is 2.16. The van der Waals surface area contributed by atoms with Crippen molar-refractivity contribution < 1.29 is 23.9 Å². The number of hydrogen-bond acceptors (Lipinski definition) is 6. The average Bonchev–Trinajstić information content (AvgIpc) is 2.86. The van der Waals surface area contributed by atoms with E-state index < -0.39 is 11.8 Å². The molecule has 0 aliphatic rings. The molecule has 9 nitrogen and oxygen atoms in total. The summed E-state index contributed by atoms with van der Waals surface area (Å²) < 4.78 is 11.7. The molecule has 0 aliphatic carbocycles. The number of amides is 3. The molecule has 0 bridgehead atoms. The molecule has 0 spiro atoms. The van der Waals surface area contributed by atoms with Gasteiger partial charge in [-0.2, -0.15) is 5.10 Å². The summed E-state index contributed by atoms with van der Waals surface area (Å²) in [6, 6.07) is 15.6. The lowest BCUT2D eigenvalue weighted by Gasteiger charge is -2.13. The van der Waals surface area contributed by atoms with Crippen LogP contribution in [0.25, 0.3) is 0 Å². The first-order valence-electron chi connectivity index (χ1n) is 10.9. The number of halogens is 2.